The van der Waals surface area contributed by atoms with Gasteiger partial charge in [-0.05, 0) is 45.2 Å². The molecule has 9 nitrogen and oxygen atoms in total. The number of aryl methyl sites for hydroxylation is 1. The van der Waals surface area contributed by atoms with Gasteiger partial charge in [-0.3, -0.25) is 14.7 Å². The van der Waals surface area contributed by atoms with E-state index in [0.717, 1.165) is 42.9 Å². The summed E-state index contributed by atoms with van der Waals surface area (Å²) in [6.45, 7) is 12.0. The molecule has 4 rings (SSSR count). The molecule has 0 bridgehead atoms. The number of nitrogens with zero attached hydrogens (tertiary/aromatic N) is 8. The molecule has 0 aromatic carbocycles. The number of pyridine rings is 1. The smallest absolute Gasteiger partial charge is 0.267 e. The largest absolute Gasteiger partial charge is 0.362 e. The maximum Gasteiger partial charge on any atom is 0.267 e. The Hall–Kier alpha value is -3.69. The molecule has 3 atom stereocenters. The summed E-state index contributed by atoms with van der Waals surface area (Å²) in [5.41, 5.74) is 3.38. The fourth-order valence-electron chi connectivity index (χ4n) is 5.31. The van der Waals surface area contributed by atoms with Gasteiger partial charge in [0.15, 0.2) is 5.65 Å². The number of rotatable bonds is 7. The zero-order chi connectivity index (χ0) is 26.9. The third-order valence-corrected chi connectivity index (χ3v) is 7.81. The van der Waals surface area contributed by atoms with Crippen LogP contribution in [-0.2, 0) is 18.9 Å². The summed E-state index contributed by atoms with van der Waals surface area (Å²) >= 11 is 0. The normalized spacial score (nSPS) is 19.5. The van der Waals surface area contributed by atoms with Crippen LogP contribution >= 0.6 is 0 Å². The Kier molecular flexibility index (Phi) is 7.38. The highest BCUT2D eigenvalue weighted by molar-refractivity contribution is 5.69. The number of nitriles is 2. The van der Waals surface area contributed by atoms with Crippen LogP contribution in [0.5, 0.6) is 0 Å². The lowest BCUT2D eigenvalue weighted by atomic mass is 9.90. The van der Waals surface area contributed by atoms with E-state index in [9.17, 15) is 15.3 Å². The molecule has 0 aliphatic carbocycles. The van der Waals surface area contributed by atoms with Crippen molar-refractivity contribution in [2.45, 2.75) is 77.4 Å². The molecule has 0 radical (unpaired) electrons. The van der Waals surface area contributed by atoms with E-state index in [1.165, 1.54) is 4.68 Å². The van der Waals surface area contributed by atoms with E-state index in [2.05, 4.69) is 53.8 Å². The van der Waals surface area contributed by atoms with E-state index in [-0.39, 0.29) is 30.1 Å². The molecule has 0 saturated carbocycles. The number of imidazole rings is 1. The topological polar surface area (TPSA) is 106 Å². The zero-order valence-electron chi connectivity index (χ0n) is 22.6. The highest BCUT2D eigenvalue weighted by Crippen LogP contribution is 2.33. The van der Waals surface area contributed by atoms with Gasteiger partial charge < -0.3 is 4.90 Å². The van der Waals surface area contributed by atoms with Crippen LogP contribution < -0.4 is 10.5 Å². The third-order valence-electron chi connectivity index (χ3n) is 7.81. The summed E-state index contributed by atoms with van der Waals surface area (Å²) in [5, 5.41) is 18.6. The monoisotopic (exact) mass is 500 g/mol. The molecule has 3 aromatic rings. The first-order chi connectivity index (χ1) is 17.6. The third kappa shape index (κ3) is 4.84. The van der Waals surface area contributed by atoms with Crippen LogP contribution in [0.15, 0.2) is 35.4 Å². The molecule has 0 N–H and O–H groups in total. The van der Waals surface area contributed by atoms with Crippen molar-refractivity contribution in [2.75, 3.05) is 18.0 Å². The molecular weight excluding hydrogens is 464 g/mol. The first kappa shape index (κ1) is 26.4. The van der Waals surface area contributed by atoms with Crippen molar-refractivity contribution in [2.24, 2.45) is 7.05 Å². The van der Waals surface area contributed by atoms with Gasteiger partial charge in [-0.15, -0.1) is 0 Å². The quantitative estimate of drug-likeness (QED) is 0.486. The second-order valence-corrected chi connectivity index (χ2v) is 10.5. The van der Waals surface area contributed by atoms with Gasteiger partial charge in [-0.25, -0.2) is 14.2 Å². The van der Waals surface area contributed by atoms with Crippen LogP contribution in [-0.4, -0.2) is 49.2 Å². The Bertz CT molecular complexity index is 1410. The molecule has 37 heavy (non-hydrogen) atoms. The van der Waals surface area contributed by atoms with Crippen molar-refractivity contribution in [3.63, 3.8) is 0 Å². The summed E-state index contributed by atoms with van der Waals surface area (Å²) in [6.07, 6.45) is 5.77. The van der Waals surface area contributed by atoms with E-state index >= 15 is 0 Å². The number of hydrogen-bond acceptors (Lipinski definition) is 7. The van der Waals surface area contributed by atoms with Gasteiger partial charge in [-0.1, -0.05) is 19.9 Å². The van der Waals surface area contributed by atoms with Gasteiger partial charge in [0.2, 0.25) is 0 Å². The zero-order valence-corrected chi connectivity index (χ0v) is 22.6. The number of anilines is 1. The lowest BCUT2D eigenvalue weighted by Crippen LogP contribution is -2.59. The molecule has 1 aliphatic heterocycles. The molecule has 1 fully saturated rings. The summed E-state index contributed by atoms with van der Waals surface area (Å²) in [5.74, 6) is 0. The minimum atomic E-state index is -0.620. The summed E-state index contributed by atoms with van der Waals surface area (Å²) in [4.78, 5) is 27.1. The number of hydrogen-bond donors (Lipinski definition) is 0. The Labute approximate surface area is 218 Å². The minimum Gasteiger partial charge on any atom is -0.362 e. The predicted octanol–water partition coefficient (Wildman–Crippen LogP) is 3.74. The summed E-state index contributed by atoms with van der Waals surface area (Å²) < 4.78 is 3.30. The first-order valence-electron chi connectivity index (χ1n) is 13.0. The summed E-state index contributed by atoms with van der Waals surface area (Å²) in [7, 11) is 1.72. The lowest BCUT2D eigenvalue weighted by Gasteiger charge is -2.49. The second kappa shape index (κ2) is 10.4. The van der Waals surface area contributed by atoms with Crippen LogP contribution in [0, 0.1) is 22.7 Å². The molecule has 9 heteroatoms. The van der Waals surface area contributed by atoms with Crippen LogP contribution in [0.25, 0.3) is 5.65 Å². The fourth-order valence-corrected chi connectivity index (χ4v) is 5.31. The maximum absolute atomic E-state index is 12.9. The van der Waals surface area contributed by atoms with Gasteiger partial charge in [-0.2, -0.15) is 10.5 Å². The van der Waals surface area contributed by atoms with Gasteiger partial charge in [0.05, 0.1) is 47.2 Å². The van der Waals surface area contributed by atoms with E-state index in [4.69, 9.17) is 4.98 Å². The van der Waals surface area contributed by atoms with Crippen molar-refractivity contribution in [1.29, 1.82) is 10.5 Å². The molecular formula is C28H36N8O. The SMILES string of the molecule is CC[C@H]1CN(C(C)c2ccc(C(C)(C)C#N)nc2)[C@H](CC)CN1c1cc(=O)n(C)n2cc(CC#N)nc12. The van der Waals surface area contributed by atoms with Gasteiger partial charge in [0, 0.05) is 50.5 Å². The average Bonchev–Trinajstić information content (AvgIpc) is 3.34. The Morgan fingerprint density at radius 1 is 1.16 bits per heavy atom. The molecule has 1 unspecified atom stereocenters. The van der Waals surface area contributed by atoms with Gasteiger partial charge in [0.25, 0.3) is 5.56 Å². The Morgan fingerprint density at radius 3 is 2.49 bits per heavy atom. The average molecular weight is 501 g/mol. The van der Waals surface area contributed by atoms with Crippen LogP contribution in [0.1, 0.15) is 70.5 Å². The molecule has 0 spiro atoms. The maximum atomic E-state index is 12.9. The molecule has 1 saturated heterocycles. The van der Waals surface area contributed by atoms with Crippen molar-refractivity contribution >= 4 is 11.3 Å². The van der Waals surface area contributed by atoms with E-state index < -0.39 is 5.41 Å². The number of piperazine rings is 1. The van der Waals surface area contributed by atoms with E-state index in [1.54, 1.807) is 23.8 Å². The van der Waals surface area contributed by atoms with Crippen LogP contribution in [0.4, 0.5) is 5.69 Å². The first-order valence-corrected chi connectivity index (χ1v) is 13.0. The molecule has 3 aromatic heterocycles. The van der Waals surface area contributed by atoms with Crippen molar-refractivity contribution in [1.82, 2.24) is 24.1 Å². The number of fused-ring (bicyclic) bond motifs is 1. The Morgan fingerprint density at radius 2 is 1.89 bits per heavy atom. The van der Waals surface area contributed by atoms with Crippen molar-refractivity contribution < 1.29 is 0 Å². The lowest BCUT2D eigenvalue weighted by molar-refractivity contribution is 0.101. The summed E-state index contributed by atoms with van der Waals surface area (Å²) in [6, 6.07) is 10.9. The van der Waals surface area contributed by atoms with Gasteiger partial charge >= 0.3 is 0 Å². The second-order valence-electron chi connectivity index (χ2n) is 10.5. The molecule has 0 amide bonds. The van der Waals surface area contributed by atoms with Crippen molar-refractivity contribution in [3.05, 3.63) is 57.9 Å². The van der Waals surface area contributed by atoms with Crippen LogP contribution in [0.2, 0.25) is 0 Å². The highest BCUT2D eigenvalue weighted by atomic mass is 16.1. The minimum absolute atomic E-state index is 0.103. The van der Waals surface area contributed by atoms with Gasteiger partial charge in [0.1, 0.15) is 0 Å². The Balaban J connectivity index is 1.67. The molecule has 4 heterocycles. The predicted molar refractivity (Wildman–Crippen MR) is 143 cm³/mol. The van der Waals surface area contributed by atoms with Crippen molar-refractivity contribution in [3.8, 4) is 12.1 Å². The van der Waals surface area contributed by atoms with E-state index in [0.29, 0.717) is 11.3 Å². The van der Waals surface area contributed by atoms with E-state index in [1.807, 2.05) is 26.1 Å². The van der Waals surface area contributed by atoms with Crippen LogP contribution in [0.3, 0.4) is 0 Å². The standard InChI is InChI=1S/C28H36N8O/c1-7-22-17-35(24-13-26(37)33(6)36-15-21(11-12-29)32-27(24)36)23(8-2)16-34(22)19(3)20-9-10-25(31-14-20)28(4,5)18-30/h9-10,13-15,19,22-23H,7-8,11,16-17H2,1-6H3/t19?,22-,23+/m1/s1. The molecule has 194 valence electrons. The fraction of sp³-hybridized carbons (Fsp3) is 0.536. The molecule has 1 aliphatic rings. The highest BCUT2D eigenvalue weighted by Gasteiger charge is 2.36. The number of aromatic nitrogens is 4.